The number of aliphatic hydroxyl groups is 2. The second-order valence-corrected chi connectivity index (χ2v) is 2.83. The number of aliphatic hydroxyl groups excluding tert-OH is 2. The molecule has 3 nitrogen and oxygen atoms in total. The molecule has 1 aromatic rings. The Labute approximate surface area is 74.8 Å². The molecule has 3 N–H and O–H groups in total. The van der Waals surface area contributed by atoms with Gasteiger partial charge in [-0.1, -0.05) is 11.6 Å². The third-order valence-corrected chi connectivity index (χ3v) is 1.79. The molecular weight excluding hydrogens is 180 g/mol. The summed E-state index contributed by atoms with van der Waals surface area (Å²) >= 11 is 5.65. The predicted molar refractivity (Wildman–Crippen MR) is 45.0 cm³/mol. The van der Waals surface area contributed by atoms with E-state index in [1.165, 1.54) is 12.1 Å². The maximum atomic E-state index is 9.33. The van der Waals surface area contributed by atoms with Crippen LogP contribution in [-0.2, 0) is 13.2 Å². The molecule has 0 spiro atoms. The minimum atomic E-state index is -0.292. The van der Waals surface area contributed by atoms with Gasteiger partial charge in [-0.3, -0.25) is 0 Å². The van der Waals surface area contributed by atoms with Gasteiger partial charge < -0.3 is 15.3 Å². The highest BCUT2D eigenvalue weighted by Crippen LogP contribution is 2.26. The van der Waals surface area contributed by atoms with E-state index in [1.807, 2.05) is 0 Å². The van der Waals surface area contributed by atoms with E-state index in [1.54, 1.807) is 0 Å². The lowest BCUT2D eigenvalue weighted by molar-refractivity contribution is 0.264. The summed E-state index contributed by atoms with van der Waals surface area (Å²) in [5.74, 6) is -0.0931. The standard InChI is InChI=1S/C8H9ClO3/c9-7-1-5(3-10)8(12)6(2-7)4-11/h1-2,10-12H,3-4H2. The second kappa shape index (κ2) is 3.76. The molecular formula is C8H9ClO3. The first-order valence-corrected chi connectivity index (χ1v) is 3.78. The largest absolute Gasteiger partial charge is 0.507 e. The van der Waals surface area contributed by atoms with E-state index in [0.29, 0.717) is 16.1 Å². The van der Waals surface area contributed by atoms with Gasteiger partial charge in [0.2, 0.25) is 0 Å². The van der Waals surface area contributed by atoms with Gasteiger partial charge in [-0.05, 0) is 12.1 Å². The molecule has 0 atom stereocenters. The average molecular weight is 189 g/mol. The summed E-state index contributed by atoms with van der Waals surface area (Å²) in [7, 11) is 0. The molecule has 0 radical (unpaired) electrons. The molecule has 0 fully saturated rings. The first kappa shape index (κ1) is 9.32. The van der Waals surface area contributed by atoms with Gasteiger partial charge >= 0.3 is 0 Å². The molecule has 0 bridgehead atoms. The minimum absolute atomic E-state index is 0.0931. The van der Waals surface area contributed by atoms with E-state index < -0.39 is 0 Å². The summed E-state index contributed by atoms with van der Waals surface area (Å²) in [5.41, 5.74) is 0.651. The molecule has 0 aliphatic rings. The molecule has 0 amide bonds. The molecule has 0 unspecified atom stereocenters. The van der Waals surface area contributed by atoms with Crippen molar-refractivity contribution in [1.29, 1.82) is 0 Å². The van der Waals surface area contributed by atoms with Gasteiger partial charge in [0, 0.05) is 16.1 Å². The van der Waals surface area contributed by atoms with Crippen molar-refractivity contribution in [1.82, 2.24) is 0 Å². The normalized spacial score (nSPS) is 10.2. The molecule has 12 heavy (non-hydrogen) atoms. The van der Waals surface area contributed by atoms with E-state index in [2.05, 4.69) is 0 Å². The van der Waals surface area contributed by atoms with Crippen LogP contribution in [0.4, 0.5) is 0 Å². The zero-order valence-electron chi connectivity index (χ0n) is 6.29. The van der Waals surface area contributed by atoms with Crippen LogP contribution in [0.25, 0.3) is 0 Å². The van der Waals surface area contributed by atoms with E-state index >= 15 is 0 Å². The lowest BCUT2D eigenvalue weighted by Gasteiger charge is -2.06. The molecule has 0 aromatic heterocycles. The zero-order valence-corrected chi connectivity index (χ0v) is 7.04. The number of aromatic hydroxyl groups is 1. The molecule has 1 rings (SSSR count). The molecule has 4 heteroatoms. The first-order valence-electron chi connectivity index (χ1n) is 3.41. The van der Waals surface area contributed by atoms with Gasteiger partial charge in [0.15, 0.2) is 0 Å². The summed E-state index contributed by atoms with van der Waals surface area (Å²) in [6.07, 6.45) is 0. The number of benzene rings is 1. The maximum absolute atomic E-state index is 9.33. The number of phenols is 1. The van der Waals surface area contributed by atoms with Crippen LogP contribution >= 0.6 is 11.6 Å². The number of hydrogen-bond acceptors (Lipinski definition) is 3. The topological polar surface area (TPSA) is 60.7 Å². The lowest BCUT2D eigenvalue weighted by Crippen LogP contribution is -1.91. The van der Waals surface area contributed by atoms with E-state index in [-0.39, 0.29) is 19.0 Å². The molecule has 0 heterocycles. The first-order chi connectivity index (χ1) is 5.69. The number of rotatable bonds is 2. The van der Waals surface area contributed by atoms with Gasteiger partial charge in [0.25, 0.3) is 0 Å². The minimum Gasteiger partial charge on any atom is -0.507 e. The molecule has 0 saturated heterocycles. The Kier molecular flexibility index (Phi) is 2.92. The Balaban J connectivity index is 3.22. The summed E-state index contributed by atoms with van der Waals surface area (Å²) in [6.45, 7) is -0.585. The fourth-order valence-corrected chi connectivity index (χ4v) is 1.22. The summed E-state index contributed by atoms with van der Waals surface area (Å²) < 4.78 is 0. The number of hydrogen-bond donors (Lipinski definition) is 3. The van der Waals surface area contributed by atoms with E-state index in [9.17, 15) is 5.11 Å². The highest BCUT2D eigenvalue weighted by Gasteiger charge is 2.07. The highest BCUT2D eigenvalue weighted by molar-refractivity contribution is 6.30. The fraction of sp³-hybridized carbons (Fsp3) is 0.250. The SMILES string of the molecule is OCc1cc(Cl)cc(CO)c1O. The van der Waals surface area contributed by atoms with E-state index in [0.717, 1.165) is 0 Å². The van der Waals surface area contributed by atoms with Crippen LogP contribution in [0.15, 0.2) is 12.1 Å². The van der Waals surface area contributed by atoms with Crippen molar-refractivity contribution in [2.75, 3.05) is 0 Å². The number of halogens is 1. The molecule has 66 valence electrons. The quantitative estimate of drug-likeness (QED) is 0.650. The molecule has 0 aliphatic carbocycles. The van der Waals surface area contributed by atoms with Gasteiger partial charge in [-0.25, -0.2) is 0 Å². The van der Waals surface area contributed by atoms with Gasteiger partial charge in [0.05, 0.1) is 13.2 Å². The fourth-order valence-electron chi connectivity index (χ4n) is 0.959. The molecule has 0 saturated carbocycles. The Hall–Kier alpha value is -0.770. The van der Waals surface area contributed by atoms with Crippen LogP contribution in [-0.4, -0.2) is 15.3 Å². The highest BCUT2D eigenvalue weighted by atomic mass is 35.5. The third-order valence-electron chi connectivity index (χ3n) is 1.57. The van der Waals surface area contributed by atoms with Crippen molar-refractivity contribution in [2.45, 2.75) is 13.2 Å². The van der Waals surface area contributed by atoms with E-state index in [4.69, 9.17) is 21.8 Å². The van der Waals surface area contributed by atoms with Crippen molar-refractivity contribution < 1.29 is 15.3 Å². The summed E-state index contributed by atoms with van der Waals surface area (Å²) in [6, 6.07) is 2.91. The summed E-state index contributed by atoms with van der Waals surface area (Å²) in [5, 5.41) is 27.2. The Bertz CT molecular complexity index is 261. The van der Waals surface area contributed by atoms with Crippen LogP contribution in [0.5, 0.6) is 5.75 Å². The molecule has 1 aromatic carbocycles. The van der Waals surface area contributed by atoms with Crippen molar-refractivity contribution in [2.24, 2.45) is 0 Å². The van der Waals surface area contributed by atoms with Crippen LogP contribution in [0, 0.1) is 0 Å². The lowest BCUT2D eigenvalue weighted by atomic mass is 10.1. The predicted octanol–water partition coefficient (Wildman–Crippen LogP) is 1.03. The maximum Gasteiger partial charge on any atom is 0.126 e. The van der Waals surface area contributed by atoms with Crippen molar-refractivity contribution in [3.63, 3.8) is 0 Å². The Morgan fingerprint density at radius 1 is 1.08 bits per heavy atom. The smallest absolute Gasteiger partial charge is 0.126 e. The second-order valence-electron chi connectivity index (χ2n) is 2.39. The molecule has 0 aliphatic heterocycles. The monoisotopic (exact) mass is 188 g/mol. The van der Waals surface area contributed by atoms with Gasteiger partial charge in [-0.15, -0.1) is 0 Å². The van der Waals surface area contributed by atoms with Crippen molar-refractivity contribution in [3.05, 3.63) is 28.3 Å². The van der Waals surface area contributed by atoms with Crippen LogP contribution in [0.2, 0.25) is 5.02 Å². The van der Waals surface area contributed by atoms with Crippen LogP contribution < -0.4 is 0 Å². The van der Waals surface area contributed by atoms with Crippen molar-refractivity contribution >= 4 is 11.6 Å². The zero-order chi connectivity index (χ0) is 9.14. The van der Waals surface area contributed by atoms with Gasteiger partial charge in [0.1, 0.15) is 5.75 Å². The van der Waals surface area contributed by atoms with Crippen molar-refractivity contribution in [3.8, 4) is 5.75 Å². The van der Waals surface area contributed by atoms with Crippen LogP contribution in [0.1, 0.15) is 11.1 Å². The third kappa shape index (κ3) is 1.69. The average Bonchev–Trinajstić information content (AvgIpc) is 2.08. The Morgan fingerprint density at radius 3 is 1.83 bits per heavy atom. The van der Waals surface area contributed by atoms with Gasteiger partial charge in [-0.2, -0.15) is 0 Å². The Morgan fingerprint density at radius 2 is 1.50 bits per heavy atom. The van der Waals surface area contributed by atoms with Crippen LogP contribution in [0.3, 0.4) is 0 Å². The summed E-state index contributed by atoms with van der Waals surface area (Å²) in [4.78, 5) is 0.